The largest absolute Gasteiger partial charge is 0.481 e. The van der Waals surface area contributed by atoms with Gasteiger partial charge >= 0.3 is 13.1 Å². The lowest BCUT2D eigenvalue weighted by molar-refractivity contribution is -0.199. The summed E-state index contributed by atoms with van der Waals surface area (Å²) in [6.45, 7) is 10.5. The lowest BCUT2D eigenvalue weighted by Gasteiger charge is -2.64. The van der Waals surface area contributed by atoms with Gasteiger partial charge in [0.05, 0.1) is 17.6 Å². The third-order valence-electron chi connectivity index (χ3n) is 8.21. The Kier molecular flexibility index (Phi) is 4.06. The lowest BCUT2D eigenvalue weighted by atomic mass is 9.43. The Morgan fingerprint density at radius 1 is 1.28 bits per heavy atom. The summed E-state index contributed by atoms with van der Waals surface area (Å²) in [6, 6.07) is 0. The van der Waals surface area contributed by atoms with Gasteiger partial charge in [-0.15, -0.1) is 0 Å². The minimum absolute atomic E-state index is 0.119. The monoisotopic (exact) mass is 349 g/mol. The van der Waals surface area contributed by atoms with E-state index in [1.54, 1.807) is 0 Å². The van der Waals surface area contributed by atoms with Crippen LogP contribution in [0.5, 0.6) is 0 Å². The first-order chi connectivity index (χ1) is 11.7. The molecule has 6 heteroatoms. The van der Waals surface area contributed by atoms with Gasteiger partial charge in [-0.3, -0.25) is 4.79 Å². The molecule has 0 spiro atoms. The molecule has 5 nitrogen and oxygen atoms in total. The summed E-state index contributed by atoms with van der Waals surface area (Å²) < 4.78 is 12.7. The highest BCUT2D eigenvalue weighted by Gasteiger charge is 2.67. The number of rotatable bonds is 5. The molecule has 3 aliphatic carbocycles. The molecule has 6 atom stereocenters. The van der Waals surface area contributed by atoms with Crippen LogP contribution in [0.15, 0.2) is 0 Å². The minimum Gasteiger partial charge on any atom is -0.481 e. The van der Waals surface area contributed by atoms with E-state index >= 15 is 0 Å². The van der Waals surface area contributed by atoms with Gasteiger partial charge in [0.15, 0.2) is 0 Å². The molecule has 2 N–H and O–H groups in total. The van der Waals surface area contributed by atoms with Gasteiger partial charge in [0, 0.05) is 13.1 Å². The van der Waals surface area contributed by atoms with E-state index in [0.717, 1.165) is 38.0 Å². The van der Waals surface area contributed by atoms with Crippen molar-refractivity contribution < 1.29 is 19.2 Å². The highest BCUT2D eigenvalue weighted by Crippen LogP contribution is 2.65. The highest BCUT2D eigenvalue weighted by molar-refractivity contribution is 6.45. The highest BCUT2D eigenvalue weighted by atomic mass is 16.7. The number of hydrogen-bond donors (Lipinski definition) is 2. The number of carboxylic acid groups (broad SMARTS) is 1. The van der Waals surface area contributed by atoms with Crippen molar-refractivity contribution in [2.75, 3.05) is 13.1 Å². The number of nitrogens with one attached hydrogen (secondary N) is 1. The van der Waals surface area contributed by atoms with Crippen LogP contribution in [0.1, 0.15) is 53.4 Å². The SMILES string of the molecule is CC1(CCCB2OC3CC4CC(C4(C)C)C3(C)O2)CNCC1C(=O)O. The summed E-state index contributed by atoms with van der Waals surface area (Å²) in [4.78, 5) is 11.5. The van der Waals surface area contributed by atoms with E-state index in [1.165, 1.54) is 6.42 Å². The Labute approximate surface area is 151 Å². The average Bonchev–Trinajstić information content (AvgIpc) is 3.06. The van der Waals surface area contributed by atoms with Gasteiger partial charge in [0.2, 0.25) is 0 Å². The smallest absolute Gasteiger partial charge is 0.457 e. The van der Waals surface area contributed by atoms with Crippen LogP contribution in [-0.4, -0.2) is 43.0 Å². The molecule has 2 bridgehead atoms. The van der Waals surface area contributed by atoms with E-state index in [9.17, 15) is 9.90 Å². The summed E-state index contributed by atoms with van der Waals surface area (Å²) in [5, 5.41) is 12.7. The van der Waals surface area contributed by atoms with Crippen LogP contribution in [0.2, 0.25) is 6.32 Å². The van der Waals surface area contributed by atoms with Crippen molar-refractivity contribution in [3.05, 3.63) is 0 Å². The van der Waals surface area contributed by atoms with Gasteiger partial charge in [-0.2, -0.15) is 0 Å². The maximum absolute atomic E-state index is 11.5. The molecule has 2 heterocycles. The number of hydrogen-bond acceptors (Lipinski definition) is 4. The second kappa shape index (κ2) is 5.70. The summed E-state index contributed by atoms with van der Waals surface area (Å²) in [6.07, 6.45) is 5.36. The average molecular weight is 349 g/mol. The van der Waals surface area contributed by atoms with E-state index in [4.69, 9.17) is 9.31 Å². The van der Waals surface area contributed by atoms with E-state index in [2.05, 4.69) is 33.0 Å². The third kappa shape index (κ3) is 2.59. The molecule has 2 saturated heterocycles. The first-order valence-corrected chi connectivity index (χ1v) is 9.93. The molecule has 5 rings (SSSR count). The first-order valence-electron chi connectivity index (χ1n) is 9.93. The van der Waals surface area contributed by atoms with Crippen molar-refractivity contribution in [2.24, 2.45) is 28.6 Å². The van der Waals surface area contributed by atoms with Crippen LogP contribution in [0, 0.1) is 28.6 Å². The molecular weight excluding hydrogens is 317 g/mol. The predicted molar refractivity (Wildman–Crippen MR) is 96.3 cm³/mol. The topological polar surface area (TPSA) is 67.8 Å². The predicted octanol–water partition coefficient (Wildman–Crippen LogP) is 2.81. The molecule has 5 aliphatic rings. The molecule has 0 aromatic rings. The molecule has 3 saturated carbocycles. The molecule has 2 aliphatic heterocycles. The van der Waals surface area contributed by atoms with Crippen molar-refractivity contribution in [1.82, 2.24) is 5.32 Å². The van der Waals surface area contributed by atoms with Crippen molar-refractivity contribution in [3.8, 4) is 0 Å². The van der Waals surface area contributed by atoms with Gasteiger partial charge in [-0.25, -0.2) is 0 Å². The van der Waals surface area contributed by atoms with Crippen LogP contribution in [0.4, 0.5) is 0 Å². The first kappa shape index (κ1) is 17.8. The van der Waals surface area contributed by atoms with Crippen molar-refractivity contribution >= 4 is 13.1 Å². The fraction of sp³-hybridized carbons (Fsp3) is 0.947. The van der Waals surface area contributed by atoms with Crippen LogP contribution >= 0.6 is 0 Å². The Balaban J connectivity index is 1.33. The molecule has 6 unspecified atom stereocenters. The third-order valence-corrected chi connectivity index (χ3v) is 8.21. The van der Waals surface area contributed by atoms with Crippen molar-refractivity contribution in [3.63, 3.8) is 0 Å². The minimum atomic E-state index is -0.679. The van der Waals surface area contributed by atoms with E-state index in [0.29, 0.717) is 17.9 Å². The zero-order valence-electron chi connectivity index (χ0n) is 16.0. The van der Waals surface area contributed by atoms with Gasteiger partial charge in [0.1, 0.15) is 0 Å². The second-order valence-corrected chi connectivity index (χ2v) is 9.97. The Morgan fingerprint density at radius 3 is 2.72 bits per heavy atom. The quantitative estimate of drug-likeness (QED) is 0.747. The van der Waals surface area contributed by atoms with E-state index in [-0.39, 0.29) is 30.2 Å². The normalized spacial score (nSPS) is 47.4. The maximum atomic E-state index is 11.5. The molecule has 0 amide bonds. The van der Waals surface area contributed by atoms with Crippen molar-refractivity contribution in [1.29, 1.82) is 0 Å². The maximum Gasteiger partial charge on any atom is 0.457 e. The molecule has 25 heavy (non-hydrogen) atoms. The Hall–Kier alpha value is -0.585. The number of aliphatic carboxylic acids is 1. The van der Waals surface area contributed by atoms with Gasteiger partial charge < -0.3 is 19.7 Å². The van der Waals surface area contributed by atoms with Crippen LogP contribution in [0.3, 0.4) is 0 Å². The summed E-state index contributed by atoms with van der Waals surface area (Å²) in [5.74, 6) is 0.409. The standard InChI is InChI=1S/C19H32BNO4/c1-17(2)12-8-14(17)19(4)15(9-12)24-20(25-19)7-5-6-18(3)11-21-10-13(18)16(22)23/h12-15,21H,5-11H2,1-4H3,(H,22,23). The van der Waals surface area contributed by atoms with Crippen LogP contribution < -0.4 is 5.32 Å². The fourth-order valence-corrected chi connectivity index (χ4v) is 6.27. The number of carbonyl (C=O) groups is 1. The fourth-order valence-electron chi connectivity index (χ4n) is 6.27. The molecular formula is C19H32BNO4. The molecule has 140 valence electrons. The summed E-state index contributed by atoms with van der Waals surface area (Å²) >= 11 is 0. The molecule has 0 aromatic heterocycles. The van der Waals surface area contributed by atoms with Gasteiger partial charge in [-0.05, 0) is 55.2 Å². The Morgan fingerprint density at radius 2 is 2.04 bits per heavy atom. The summed E-state index contributed by atoms with van der Waals surface area (Å²) in [5.41, 5.74) is 0.0806. The molecule has 5 fully saturated rings. The molecule has 0 aromatic carbocycles. The van der Waals surface area contributed by atoms with Gasteiger partial charge in [0.25, 0.3) is 0 Å². The van der Waals surface area contributed by atoms with E-state index < -0.39 is 5.97 Å². The number of carboxylic acids is 1. The van der Waals surface area contributed by atoms with Crippen molar-refractivity contribution in [2.45, 2.75) is 71.4 Å². The molecule has 0 radical (unpaired) electrons. The van der Waals surface area contributed by atoms with E-state index in [1.807, 2.05) is 0 Å². The Bertz CT molecular complexity index is 570. The van der Waals surface area contributed by atoms with Gasteiger partial charge in [-0.1, -0.05) is 27.2 Å². The van der Waals surface area contributed by atoms with Crippen LogP contribution in [0.25, 0.3) is 0 Å². The zero-order valence-corrected chi connectivity index (χ0v) is 16.0. The zero-order chi connectivity index (χ0) is 18.0. The lowest BCUT2D eigenvalue weighted by Crippen LogP contribution is -2.65. The summed E-state index contributed by atoms with van der Waals surface area (Å²) in [7, 11) is -0.119. The second-order valence-electron chi connectivity index (χ2n) is 9.97. The van der Waals surface area contributed by atoms with Crippen LogP contribution in [-0.2, 0) is 14.1 Å².